The number of amides is 1. The van der Waals surface area contributed by atoms with Gasteiger partial charge in [-0.1, -0.05) is 42.5 Å². The molecule has 0 bridgehead atoms. The number of carboxylic acid groups (broad SMARTS) is 1. The average molecular weight is 355 g/mol. The maximum atomic E-state index is 12.5. The number of benzene rings is 2. The van der Waals surface area contributed by atoms with Crippen LogP contribution in [0.2, 0.25) is 0 Å². The van der Waals surface area contributed by atoms with Gasteiger partial charge in [-0.25, -0.2) is 0 Å². The SMILES string of the molecule is O=C(O)C[C@@H](NC(=O)CCC1CCOCC1)c1cccc2ccccc12. The van der Waals surface area contributed by atoms with Crippen molar-refractivity contribution in [3.63, 3.8) is 0 Å². The number of carbonyl (C=O) groups is 2. The molecule has 1 aliphatic heterocycles. The summed E-state index contributed by atoms with van der Waals surface area (Å²) in [4.78, 5) is 23.8. The molecular formula is C21H25NO4. The summed E-state index contributed by atoms with van der Waals surface area (Å²) in [7, 11) is 0. The van der Waals surface area contributed by atoms with Crippen LogP contribution in [0.5, 0.6) is 0 Å². The third-order valence-corrected chi connectivity index (χ3v) is 5.03. The Morgan fingerprint density at radius 1 is 1.12 bits per heavy atom. The molecule has 1 saturated heterocycles. The zero-order valence-electron chi connectivity index (χ0n) is 14.8. The van der Waals surface area contributed by atoms with Crippen LogP contribution in [0, 0.1) is 5.92 Å². The number of fused-ring (bicyclic) bond motifs is 1. The van der Waals surface area contributed by atoms with Crippen molar-refractivity contribution in [3.8, 4) is 0 Å². The van der Waals surface area contributed by atoms with Gasteiger partial charge in [0.05, 0.1) is 12.5 Å². The molecule has 5 nitrogen and oxygen atoms in total. The van der Waals surface area contributed by atoms with Crippen LogP contribution in [0.25, 0.3) is 10.8 Å². The van der Waals surface area contributed by atoms with Crippen LogP contribution in [0.15, 0.2) is 42.5 Å². The smallest absolute Gasteiger partial charge is 0.305 e. The molecule has 26 heavy (non-hydrogen) atoms. The molecule has 5 heteroatoms. The predicted octanol–water partition coefficient (Wildman–Crippen LogP) is 3.68. The predicted molar refractivity (Wildman–Crippen MR) is 99.9 cm³/mol. The number of hydrogen-bond donors (Lipinski definition) is 2. The van der Waals surface area contributed by atoms with Crippen molar-refractivity contribution in [2.45, 2.75) is 38.1 Å². The molecule has 1 heterocycles. The Labute approximate surface area is 153 Å². The Morgan fingerprint density at radius 2 is 1.85 bits per heavy atom. The summed E-state index contributed by atoms with van der Waals surface area (Å²) in [5, 5.41) is 14.3. The maximum Gasteiger partial charge on any atom is 0.305 e. The summed E-state index contributed by atoms with van der Waals surface area (Å²) in [6.45, 7) is 1.54. The van der Waals surface area contributed by atoms with E-state index in [2.05, 4.69) is 5.32 Å². The first-order chi connectivity index (χ1) is 12.6. The van der Waals surface area contributed by atoms with Crippen molar-refractivity contribution in [1.29, 1.82) is 0 Å². The summed E-state index contributed by atoms with van der Waals surface area (Å²) < 4.78 is 5.35. The average Bonchev–Trinajstić information content (AvgIpc) is 2.66. The first-order valence-corrected chi connectivity index (χ1v) is 9.20. The van der Waals surface area contributed by atoms with Crippen molar-refractivity contribution >= 4 is 22.6 Å². The Hall–Kier alpha value is -2.40. The molecule has 2 N–H and O–H groups in total. The number of rotatable bonds is 7. The zero-order chi connectivity index (χ0) is 18.4. The molecule has 1 fully saturated rings. The van der Waals surface area contributed by atoms with Gasteiger partial charge in [-0.15, -0.1) is 0 Å². The largest absolute Gasteiger partial charge is 0.481 e. The molecule has 3 rings (SSSR count). The highest BCUT2D eigenvalue weighted by molar-refractivity contribution is 5.87. The van der Waals surface area contributed by atoms with Crippen LogP contribution in [0.1, 0.15) is 43.7 Å². The standard InChI is InChI=1S/C21H25NO4/c23-20(9-8-15-10-12-26-13-11-15)22-19(14-21(24)25)18-7-3-5-16-4-1-2-6-17(16)18/h1-7,15,19H,8-14H2,(H,22,23)(H,24,25)/t19-/m1/s1. The first kappa shape index (κ1) is 18.4. The second kappa shape index (κ2) is 8.81. The third kappa shape index (κ3) is 4.82. The molecule has 0 radical (unpaired) electrons. The third-order valence-electron chi connectivity index (χ3n) is 5.03. The lowest BCUT2D eigenvalue weighted by molar-refractivity contribution is -0.137. The molecule has 1 atom stereocenters. The van der Waals surface area contributed by atoms with Crippen molar-refractivity contribution in [1.82, 2.24) is 5.32 Å². The quantitative estimate of drug-likeness (QED) is 0.794. The fourth-order valence-corrected chi connectivity index (χ4v) is 3.60. The van der Waals surface area contributed by atoms with Crippen molar-refractivity contribution in [3.05, 3.63) is 48.0 Å². The van der Waals surface area contributed by atoms with E-state index in [1.165, 1.54) is 0 Å². The monoisotopic (exact) mass is 355 g/mol. The lowest BCUT2D eigenvalue weighted by atomic mass is 9.94. The molecule has 2 aromatic rings. The van der Waals surface area contributed by atoms with Gasteiger partial charge < -0.3 is 15.2 Å². The van der Waals surface area contributed by atoms with Crippen LogP contribution >= 0.6 is 0 Å². The van der Waals surface area contributed by atoms with Gasteiger partial charge in [0.25, 0.3) is 0 Å². The van der Waals surface area contributed by atoms with Gasteiger partial charge in [0.1, 0.15) is 0 Å². The zero-order valence-corrected chi connectivity index (χ0v) is 14.8. The van der Waals surface area contributed by atoms with Crippen LogP contribution in [-0.4, -0.2) is 30.2 Å². The molecule has 0 spiro atoms. The van der Waals surface area contributed by atoms with Crippen molar-refractivity contribution in [2.75, 3.05) is 13.2 Å². The maximum absolute atomic E-state index is 12.5. The van der Waals surface area contributed by atoms with Crippen molar-refractivity contribution < 1.29 is 19.4 Å². The molecule has 1 amide bonds. The minimum absolute atomic E-state index is 0.0873. The number of carboxylic acids is 1. The Kier molecular flexibility index (Phi) is 6.23. The van der Waals surface area contributed by atoms with Crippen LogP contribution in [0.4, 0.5) is 0 Å². The molecule has 138 valence electrons. The summed E-state index contributed by atoms with van der Waals surface area (Å²) >= 11 is 0. The van der Waals surface area contributed by atoms with Gasteiger partial charge in [0, 0.05) is 19.6 Å². The number of nitrogens with one attached hydrogen (secondary N) is 1. The first-order valence-electron chi connectivity index (χ1n) is 9.20. The highest BCUT2D eigenvalue weighted by Gasteiger charge is 2.21. The summed E-state index contributed by atoms with van der Waals surface area (Å²) in [6.07, 6.45) is 3.11. The van der Waals surface area contributed by atoms with Gasteiger partial charge in [-0.05, 0) is 41.5 Å². The van der Waals surface area contributed by atoms with E-state index in [0.717, 1.165) is 48.8 Å². The molecule has 1 aliphatic rings. The minimum Gasteiger partial charge on any atom is -0.481 e. The van der Waals surface area contributed by atoms with Crippen LogP contribution in [0.3, 0.4) is 0 Å². The highest BCUT2D eigenvalue weighted by atomic mass is 16.5. The van der Waals surface area contributed by atoms with Gasteiger partial charge in [0.15, 0.2) is 0 Å². The molecule has 0 unspecified atom stereocenters. The second-order valence-electron chi connectivity index (χ2n) is 6.88. The molecule has 2 aromatic carbocycles. The molecular weight excluding hydrogens is 330 g/mol. The Morgan fingerprint density at radius 3 is 2.62 bits per heavy atom. The minimum atomic E-state index is -0.923. The Balaban J connectivity index is 1.71. The number of carbonyl (C=O) groups excluding carboxylic acids is 1. The highest BCUT2D eigenvalue weighted by Crippen LogP contribution is 2.27. The van der Waals surface area contributed by atoms with Crippen molar-refractivity contribution in [2.24, 2.45) is 5.92 Å². The molecule has 0 aliphatic carbocycles. The van der Waals surface area contributed by atoms with E-state index < -0.39 is 12.0 Å². The molecule has 0 aromatic heterocycles. The lowest BCUT2D eigenvalue weighted by Gasteiger charge is -2.23. The number of aliphatic carboxylic acids is 1. The molecule has 0 saturated carbocycles. The van der Waals surface area contributed by atoms with Gasteiger partial charge in [0.2, 0.25) is 5.91 Å². The van der Waals surface area contributed by atoms with Gasteiger partial charge in [-0.3, -0.25) is 9.59 Å². The van der Waals surface area contributed by atoms with E-state index >= 15 is 0 Å². The normalized spacial score (nSPS) is 16.3. The topological polar surface area (TPSA) is 75.6 Å². The summed E-state index contributed by atoms with van der Waals surface area (Å²) in [6, 6.07) is 13.1. The fraction of sp³-hybridized carbons (Fsp3) is 0.429. The summed E-state index contributed by atoms with van der Waals surface area (Å²) in [5.41, 5.74) is 0.852. The van der Waals surface area contributed by atoms with E-state index in [1.807, 2.05) is 42.5 Å². The van der Waals surface area contributed by atoms with E-state index in [0.29, 0.717) is 12.3 Å². The van der Waals surface area contributed by atoms with E-state index in [9.17, 15) is 14.7 Å². The van der Waals surface area contributed by atoms with E-state index in [1.54, 1.807) is 0 Å². The van der Waals surface area contributed by atoms with Gasteiger partial charge in [-0.2, -0.15) is 0 Å². The van der Waals surface area contributed by atoms with Crippen LogP contribution in [-0.2, 0) is 14.3 Å². The van der Waals surface area contributed by atoms with E-state index in [4.69, 9.17) is 4.74 Å². The van der Waals surface area contributed by atoms with E-state index in [-0.39, 0.29) is 12.3 Å². The summed E-state index contributed by atoms with van der Waals surface area (Å²) in [5.74, 6) is -0.492. The second-order valence-corrected chi connectivity index (χ2v) is 6.88. The van der Waals surface area contributed by atoms with Crippen LogP contribution < -0.4 is 5.32 Å². The Bertz CT molecular complexity index is 762. The van der Waals surface area contributed by atoms with Gasteiger partial charge >= 0.3 is 5.97 Å². The number of hydrogen-bond acceptors (Lipinski definition) is 3. The fourth-order valence-electron chi connectivity index (χ4n) is 3.60. The lowest BCUT2D eigenvalue weighted by Crippen LogP contribution is -2.31. The number of ether oxygens (including phenoxy) is 1.